The van der Waals surface area contributed by atoms with E-state index >= 15 is 0 Å². The molecular weight excluding hydrogens is 442 g/mol. The first-order valence-corrected chi connectivity index (χ1v) is 11.9. The zero-order valence-corrected chi connectivity index (χ0v) is 19.6. The van der Waals surface area contributed by atoms with E-state index in [-0.39, 0.29) is 17.8 Å². The number of carbonyl (C=O) groups excluding carboxylic acids is 1. The first-order valence-electron chi connectivity index (χ1n) is 10.1. The van der Waals surface area contributed by atoms with Crippen LogP contribution in [0.1, 0.15) is 24.4 Å². The SMILES string of the molecule is Cc1ccc(OC(C)c2nnc(SCC(=O)Nc3nc(-c4ccccc4)cs3)n2C)cc1. The van der Waals surface area contributed by atoms with Gasteiger partial charge in [0.2, 0.25) is 5.91 Å². The Kier molecular flexibility index (Phi) is 6.87. The fraction of sp³-hybridized carbons (Fsp3) is 0.217. The smallest absolute Gasteiger partial charge is 0.236 e. The number of thioether (sulfide) groups is 1. The van der Waals surface area contributed by atoms with E-state index in [1.807, 2.05) is 85.4 Å². The molecule has 0 aliphatic heterocycles. The van der Waals surface area contributed by atoms with Crippen LogP contribution in [0.5, 0.6) is 5.75 Å². The van der Waals surface area contributed by atoms with Crippen LogP contribution in [0.25, 0.3) is 11.3 Å². The second-order valence-corrected chi connectivity index (χ2v) is 9.01. The van der Waals surface area contributed by atoms with Crippen LogP contribution < -0.4 is 10.1 Å². The lowest BCUT2D eigenvalue weighted by atomic mass is 10.2. The molecule has 1 atom stereocenters. The summed E-state index contributed by atoms with van der Waals surface area (Å²) < 4.78 is 7.83. The predicted octanol–water partition coefficient (Wildman–Crippen LogP) is 5.12. The van der Waals surface area contributed by atoms with Gasteiger partial charge < -0.3 is 14.6 Å². The highest BCUT2D eigenvalue weighted by Crippen LogP contribution is 2.26. The minimum Gasteiger partial charge on any atom is -0.483 e. The summed E-state index contributed by atoms with van der Waals surface area (Å²) in [7, 11) is 1.87. The van der Waals surface area contributed by atoms with Crippen molar-refractivity contribution < 1.29 is 9.53 Å². The summed E-state index contributed by atoms with van der Waals surface area (Å²) in [4.78, 5) is 16.9. The van der Waals surface area contributed by atoms with Gasteiger partial charge in [-0.3, -0.25) is 4.79 Å². The summed E-state index contributed by atoms with van der Waals surface area (Å²) in [6.45, 7) is 3.96. The van der Waals surface area contributed by atoms with E-state index in [1.54, 1.807) is 0 Å². The van der Waals surface area contributed by atoms with Gasteiger partial charge in [0.15, 0.2) is 22.2 Å². The number of benzene rings is 2. The lowest BCUT2D eigenvalue weighted by Crippen LogP contribution is -2.14. The normalized spacial score (nSPS) is 11.8. The van der Waals surface area contributed by atoms with Gasteiger partial charge in [0.25, 0.3) is 0 Å². The number of ether oxygens (including phenoxy) is 1. The fourth-order valence-electron chi connectivity index (χ4n) is 3.04. The molecule has 164 valence electrons. The van der Waals surface area contributed by atoms with Gasteiger partial charge in [0.05, 0.1) is 11.4 Å². The maximum Gasteiger partial charge on any atom is 0.236 e. The highest BCUT2D eigenvalue weighted by atomic mass is 32.2. The molecule has 0 saturated heterocycles. The third-order valence-corrected chi connectivity index (χ3v) is 6.50. The molecule has 2 aromatic carbocycles. The summed E-state index contributed by atoms with van der Waals surface area (Å²) in [5.41, 5.74) is 3.04. The van der Waals surface area contributed by atoms with Crippen molar-refractivity contribution in [2.45, 2.75) is 25.1 Å². The Morgan fingerprint density at radius 2 is 1.91 bits per heavy atom. The van der Waals surface area contributed by atoms with Crippen molar-refractivity contribution in [1.29, 1.82) is 0 Å². The van der Waals surface area contributed by atoms with Gasteiger partial charge in [0, 0.05) is 18.0 Å². The lowest BCUT2D eigenvalue weighted by molar-refractivity contribution is -0.113. The van der Waals surface area contributed by atoms with Crippen LogP contribution in [0, 0.1) is 6.92 Å². The number of amides is 1. The Balaban J connectivity index is 1.32. The molecule has 7 nitrogen and oxygen atoms in total. The first kappa shape index (κ1) is 22.0. The average molecular weight is 466 g/mol. The minimum atomic E-state index is -0.273. The number of hydrogen-bond donors (Lipinski definition) is 1. The van der Waals surface area contributed by atoms with Crippen LogP contribution in [0.3, 0.4) is 0 Å². The van der Waals surface area contributed by atoms with Crippen LogP contribution in [-0.2, 0) is 11.8 Å². The Labute approximate surface area is 194 Å². The number of anilines is 1. The van der Waals surface area contributed by atoms with Gasteiger partial charge in [-0.1, -0.05) is 59.8 Å². The van der Waals surface area contributed by atoms with E-state index in [0.29, 0.717) is 16.1 Å². The van der Waals surface area contributed by atoms with E-state index in [1.165, 1.54) is 28.7 Å². The van der Waals surface area contributed by atoms with Gasteiger partial charge in [-0.25, -0.2) is 4.98 Å². The van der Waals surface area contributed by atoms with Gasteiger partial charge in [-0.15, -0.1) is 21.5 Å². The van der Waals surface area contributed by atoms with Crippen LogP contribution in [0.4, 0.5) is 5.13 Å². The predicted molar refractivity (Wildman–Crippen MR) is 128 cm³/mol. The molecule has 4 rings (SSSR count). The molecule has 2 aromatic heterocycles. The summed E-state index contributed by atoms with van der Waals surface area (Å²) in [6, 6.07) is 17.7. The number of aryl methyl sites for hydroxylation is 1. The van der Waals surface area contributed by atoms with Gasteiger partial charge in [-0.2, -0.15) is 0 Å². The van der Waals surface area contributed by atoms with Gasteiger partial charge in [-0.05, 0) is 26.0 Å². The van der Waals surface area contributed by atoms with E-state index in [4.69, 9.17) is 4.74 Å². The van der Waals surface area contributed by atoms with Crippen LogP contribution in [-0.4, -0.2) is 31.4 Å². The third kappa shape index (κ3) is 5.35. The van der Waals surface area contributed by atoms with Crippen LogP contribution >= 0.6 is 23.1 Å². The summed E-state index contributed by atoms with van der Waals surface area (Å²) >= 11 is 2.73. The van der Waals surface area contributed by atoms with Crippen molar-refractivity contribution in [3.05, 3.63) is 71.4 Å². The van der Waals surface area contributed by atoms with Crippen LogP contribution in [0.2, 0.25) is 0 Å². The molecule has 32 heavy (non-hydrogen) atoms. The number of rotatable bonds is 8. The second kappa shape index (κ2) is 9.97. The lowest BCUT2D eigenvalue weighted by Gasteiger charge is -2.14. The zero-order chi connectivity index (χ0) is 22.5. The van der Waals surface area contributed by atoms with Crippen molar-refractivity contribution in [2.75, 3.05) is 11.1 Å². The molecule has 1 amide bonds. The van der Waals surface area contributed by atoms with Crippen molar-refractivity contribution in [3.63, 3.8) is 0 Å². The highest BCUT2D eigenvalue weighted by molar-refractivity contribution is 7.99. The number of carbonyl (C=O) groups is 1. The standard InChI is InChI=1S/C23H23N5O2S2/c1-15-9-11-18(12-10-15)30-16(2)21-26-27-23(28(21)3)32-14-20(29)25-22-24-19(13-31-22)17-7-5-4-6-8-17/h4-13,16H,14H2,1-3H3,(H,24,25,29). The molecule has 0 spiro atoms. The van der Waals surface area contributed by atoms with E-state index in [9.17, 15) is 4.79 Å². The molecule has 0 bridgehead atoms. The highest BCUT2D eigenvalue weighted by Gasteiger charge is 2.18. The number of hydrogen-bond acceptors (Lipinski definition) is 7. The molecule has 1 unspecified atom stereocenters. The Hall–Kier alpha value is -3.17. The summed E-state index contributed by atoms with van der Waals surface area (Å²) in [5, 5.41) is 14.5. The number of aromatic nitrogens is 4. The fourth-order valence-corrected chi connectivity index (χ4v) is 4.49. The molecule has 0 aliphatic rings. The van der Waals surface area contributed by atoms with Gasteiger partial charge in [0.1, 0.15) is 5.75 Å². The Morgan fingerprint density at radius 3 is 2.66 bits per heavy atom. The molecule has 0 aliphatic carbocycles. The van der Waals surface area contributed by atoms with Crippen LogP contribution in [0.15, 0.2) is 65.1 Å². The minimum absolute atomic E-state index is 0.141. The van der Waals surface area contributed by atoms with Crippen molar-refractivity contribution >= 4 is 34.1 Å². The third-order valence-electron chi connectivity index (χ3n) is 4.72. The van der Waals surface area contributed by atoms with E-state index in [2.05, 4.69) is 20.5 Å². The number of thiazole rings is 1. The maximum absolute atomic E-state index is 12.4. The molecule has 2 heterocycles. The van der Waals surface area contributed by atoms with Crippen molar-refractivity contribution in [3.8, 4) is 17.0 Å². The van der Waals surface area contributed by atoms with E-state index in [0.717, 1.165) is 17.0 Å². The topological polar surface area (TPSA) is 81.9 Å². The first-order chi connectivity index (χ1) is 15.5. The Bertz CT molecular complexity index is 1190. The molecular formula is C23H23N5O2S2. The molecule has 1 N–H and O–H groups in total. The summed E-state index contributed by atoms with van der Waals surface area (Å²) in [5.74, 6) is 1.54. The number of nitrogens with one attached hydrogen (secondary N) is 1. The molecule has 0 radical (unpaired) electrons. The Morgan fingerprint density at radius 1 is 1.16 bits per heavy atom. The molecule has 4 aromatic rings. The molecule has 0 fully saturated rings. The average Bonchev–Trinajstić information content (AvgIpc) is 3.41. The molecule has 0 saturated carbocycles. The second-order valence-electron chi connectivity index (χ2n) is 7.21. The molecule has 9 heteroatoms. The largest absolute Gasteiger partial charge is 0.483 e. The zero-order valence-electron chi connectivity index (χ0n) is 18.0. The quantitative estimate of drug-likeness (QED) is 0.364. The van der Waals surface area contributed by atoms with E-state index < -0.39 is 0 Å². The van der Waals surface area contributed by atoms with Gasteiger partial charge >= 0.3 is 0 Å². The summed E-state index contributed by atoms with van der Waals surface area (Å²) in [6.07, 6.45) is -0.273. The monoisotopic (exact) mass is 465 g/mol. The maximum atomic E-state index is 12.4. The number of nitrogens with zero attached hydrogens (tertiary/aromatic N) is 4. The van der Waals surface area contributed by atoms with Crippen molar-refractivity contribution in [2.24, 2.45) is 7.05 Å². The van der Waals surface area contributed by atoms with Crippen molar-refractivity contribution in [1.82, 2.24) is 19.7 Å².